The van der Waals surface area contributed by atoms with E-state index in [-0.39, 0.29) is 0 Å². The molecule has 0 aliphatic carbocycles. The highest BCUT2D eigenvalue weighted by Gasteiger charge is 2.26. The van der Waals surface area contributed by atoms with Crippen LogP contribution in [0.3, 0.4) is 0 Å². The van der Waals surface area contributed by atoms with Gasteiger partial charge in [0.15, 0.2) is 0 Å². The Balaban J connectivity index is 1.45. The lowest BCUT2D eigenvalue weighted by Gasteiger charge is -2.18. The second-order valence-electron chi connectivity index (χ2n) is 5.74. The van der Waals surface area contributed by atoms with Crippen LogP contribution in [0.4, 0.5) is 0 Å². The van der Waals surface area contributed by atoms with Gasteiger partial charge in [-0.1, -0.05) is 5.16 Å². The summed E-state index contributed by atoms with van der Waals surface area (Å²) in [6.45, 7) is 1.91. The number of hydrogen-bond acceptors (Lipinski definition) is 4. The molecule has 1 saturated heterocycles. The summed E-state index contributed by atoms with van der Waals surface area (Å²) in [6, 6.07) is 6.95. The van der Waals surface area contributed by atoms with Gasteiger partial charge in [-0.25, -0.2) is 0 Å². The Morgan fingerprint density at radius 1 is 1.43 bits per heavy atom. The van der Waals surface area contributed by atoms with Crippen molar-refractivity contribution in [2.45, 2.75) is 25.3 Å². The molecular weight excluding hydrogens is 282 g/mol. The number of fused-ring (bicyclic) bond motifs is 3. The van der Waals surface area contributed by atoms with Crippen molar-refractivity contribution in [1.29, 1.82) is 0 Å². The van der Waals surface area contributed by atoms with E-state index in [1.807, 2.05) is 0 Å². The number of rotatable bonds is 4. The zero-order valence-electron chi connectivity index (χ0n) is 12.2. The summed E-state index contributed by atoms with van der Waals surface area (Å²) >= 11 is 1.73. The first-order valence-electron chi connectivity index (χ1n) is 7.51. The van der Waals surface area contributed by atoms with E-state index >= 15 is 0 Å². The average molecular weight is 301 g/mol. The molecule has 4 nitrogen and oxygen atoms in total. The molecule has 0 spiro atoms. The van der Waals surface area contributed by atoms with Gasteiger partial charge in [0.1, 0.15) is 12.3 Å². The van der Waals surface area contributed by atoms with Crippen LogP contribution in [0.1, 0.15) is 29.8 Å². The van der Waals surface area contributed by atoms with Gasteiger partial charge in [0, 0.05) is 12.2 Å². The van der Waals surface area contributed by atoms with Crippen LogP contribution in [0.2, 0.25) is 0 Å². The van der Waals surface area contributed by atoms with Gasteiger partial charge < -0.3 is 14.3 Å². The number of likely N-dealkylation sites (tertiary alicyclic amines) is 1. The van der Waals surface area contributed by atoms with Crippen LogP contribution in [0.15, 0.2) is 34.9 Å². The van der Waals surface area contributed by atoms with Crippen LogP contribution in [0.25, 0.3) is 5.69 Å². The molecule has 4 rings (SSSR count). The Hall–Kier alpha value is -1.59. The first-order chi connectivity index (χ1) is 10.3. The van der Waals surface area contributed by atoms with E-state index < -0.39 is 0 Å². The topological polar surface area (TPSA) is 29.8 Å². The van der Waals surface area contributed by atoms with E-state index in [4.69, 9.17) is 4.84 Å². The summed E-state index contributed by atoms with van der Waals surface area (Å²) < 4.78 is 2.18. The zero-order valence-corrected chi connectivity index (χ0v) is 13.0. The molecule has 21 heavy (non-hydrogen) atoms. The number of nitrogens with zero attached hydrogens (tertiary/aromatic N) is 3. The SMILES string of the molecule is CN1CCCC1CCO/N=C1\c2sccc2-n2cccc21. The predicted molar refractivity (Wildman–Crippen MR) is 85.5 cm³/mol. The molecule has 0 bridgehead atoms. The largest absolute Gasteiger partial charge is 0.395 e. The molecule has 1 unspecified atom stereocenters. The molecular formula is C16H19N3OS. The fourth-order valence-electron chi connectivity index (χ4n) is 3.30. The van der Waals surface area contributed by atoms with Crippen LogP contribution < -0.4 is 0 Å². The highest BCUT2D eigenvalue weighted by Crippen LogP contribution is 2.32. The number of aromatic nitrogens is 1. The smallest absolute Gasteiger partial charge is 0.146 e. The van der Waals surface area contributed by atoms with Gasteiger partial charge in [0.05, 0.1) is 16.3 Å². The molecule has 2 aliphatic heterocycles. The quantitative estimate of drug-likeness (QED) is 0.547. The molecule has 2 aromatic rings. The molecule has 2 aliphatic rings. The molecule has 0 amide bonds. The average Bonchev–Trinajstić information content (AvgIpc) is 3.19. The second-order valence-corrected chi connectivity index (χ2v) is 6.65. The maximum absolute atomic E-state index is 5.63. The van der Waals surface area contributed by atoms with Crippen LogP contribution in [-0.2, 0) is 4.84 Å². The third-order valence-corrected chi connectivity index (χ3v) is 5.39. The van der Waals surface area contributed by atoms with Crippen LogP contribution in [0.5, 0.6) is 0 Å². The lowest BCUT2D eigenvalue weighted by molar-refractivity contribution is 0.121. The monoisotopic (exact) mass is 301 g/mol. The zero-order chi connectivity index (χ0) is 14.2. The fraction of sp³-hybridized carbons (Fsp3) is 0.438. The van der Waals surface area contributed by atoms with Gasteiger partial charge in [-0.15, -0.1) is 11.3 Å². The molecule has 0 aromatic carbocycles. The maximum atomic E-state index is 5.63. The van der Waals surface area contributed by atoms with Crippen molar-refractivity contribution in [3.63, 3.8) is 0 Å². The van der Waals surface area contributed by atoms with Crippen molar-refractivity contribution in [3.05, 3.63) is 40.3 Å². The molecule has 4 heterocycles. The van der Waals surface area contributed by atoms with Crippen molar-refractivity contribution >= 4 is 17.0 Å². The molecule has 0 radical (unpaired) electrons. The Labute approximate surface area is 128 Å². The predicted octanol–water partition coefficient (Wildman–Crippen LogP) is 3.11. The Morgan fingerprint density at radius 3 is 3.24 bits per heavy atom. The van der Waals surface area contributed by atoms with E-state index in [0.29, 0.717) is 12.6 Å². The van der Waals surface area contributed by atoms with Crippen molar-refractivity contribution in [3.8, 4) is 5.69 Å². The minimum absolute atomic E-state index is 0.662. The third-order valence-electron chi connectivity index (χ3n) is 4.48. The minimum Gasteiger partial charge on any atom is -0.395 e. The van der Waals surface area contributed by atoms with Crippen molar-refractivity contribution in [2.24, 2.45) is 5.16 Å². The second kappa shape index (κ2) is 5.31. The van der Waals surface area contributed by atoms with Gasteiger partial charge in [0.25, 0.3) is 0 Å². The van der Waals surface area contributed by atoms with Gasteiger partial charge >= 0.3 is 0 Å². The van der Waals surface area contributed by atoms with E-state index in [2.05, 4.69) is 51.4 Å². The minimum atomic E-state index is 0.662. The molecule has 1 fully saturated rings. The molecule has 110 valence electrons. The molecule has 0 saturated carbocycles. The Morgan fingerprint density at radius 2 is 2.38 bits per heavy atom. The summed E-state index contributed by atoms with van der Waals surface area (Å²) in [5, 5.41) is 6.53. The van der Waals surface area contributed by atoms with Crippen molar-refractivity contribution in [1.82, 2.24) is 9.47 Å². The van der Waals surface area contributed by atoms with Crippen LogP contribution in [0, 0.1) is 0 Å². The fourth-order valence-corrected chi connectivity index (χ4v) is 4.17. The first kappa shape index (κ1) is 13.1. The van der Waals surface area contributed by atoms with Crippen molar-refractivity contribution in [2.75, 3.05) is 20.2 Å². The normalized spacial score (nSPS) is 22.7. The molecule has 1 atom stereocenters. The molecule has 2 aromatic heterocycles. The summed E-state index contributed by atoms with van der Waals surface area (Å²) in [4.78, 5) is 9.27. The maximum Gasteiger partial charge on any atom is 0.146 e. The van der Waals surface area contributed by atoms with Gasteiger partial charge in [-0.3, -0.25) is 0 Å². The summed E-state index contributed by atoms with van der Waals surface area (Å²) in [7, 11) is 2.20. The Kier molecular flexibility index (Phi) is 3.31. The summed E-state index contributed by atoms with van der Waals surface area (Å²) in [6.07, 6.45) is 5.73. The first-order valence-corrected chi connectivity index (χ1v) is 8.39. The summed E-state index contributed by atoms with van der Waals surface area (Å²) in [5.41, 5.74) is 3.33. The lowest BCUT2D eigenvalue weighted by Crippen LogP contribution is -2.25. The highest BCUT2D eigenvalue weighted by atomic mass is 32.1. The van der Waals surface area contributed by atoms with E-state index in [1.165, 1.54) is 30.0 Å². The number of oxime groups is 1. The molecule has 0 N–H and O–H groups in total. The highest BCUT2D eigenvalue weighted by molar-refractivity contribution is 7.13. The van der Waals surface area contributed by atoms with Gasteiger partial charge in [0.2, 0.25) is 0 Å². The lowest BCUT2D eigenvalue weighted by atomic mass is 10.2. The van der Waals surface area contributed by atoms with Gasteiger partial charge in [-0.05, 0) is 56.4 Å². The summed E-state index contributed by atoms with van der Waals surface area (Å²) in [5.74, 6) is 0. The number of hydrogen-bond donors (Lipinski definition) is 0. The van der Waals surface area contributed by atoms with Gasteiger partial charge in [-0.2, -0.15) is 0 Å². The van der Waals surface area contributed by atoms with E-state index in [0.717, 1.165) is 17.8 Å². The molecule has 5 heteroatoms. The van der Waals surface area contributed by atoms with Crippen molar-refractivity contribution < 1.29 is 4.84 Å². The standard InChI is InChI=1S/C16H19N3OS/c1-18-8-2-4-12(18)6-10-20-17-15-13-5-3-9-19(13)14-7-11-21-16(14)15/h3,5,7,9,11-12H,2,4,6,8,10H2,1H3/b17-15-. The van der Waals surface area contributed by atoms with E-state index in [1.54, 1.807) is 11.3 Å². The van der Waals surface area contributed by atoms with E-state index in [9.17, 15) is 0 Å². The van der Waals surface area contributed by atoms with Crippen LogP contribution >= 0.6 is 11.3 Å². The number of thiophene rings is 1. The third kappa shape index (κ3) is 2.21. The van der Waals surface area contributed by atoms with Crippen LogP contribution in [-0.4, -0.2) is 41.4 Å². The Bertz CT molecular complexity index is 630.